The Morgan fingerprint density at radius 2 is 1.80 bits per heavy atom. The number of tetrazole rings is 1. The molecule has 0 unspecified atom stereocenters. The highest BCUT2D eigenvalue weighted by atomic mass is 19.1. The summed E-state index contributed by atoms with van der Waals surface area (Å²) in [5.41, 5.74) is 2.56. The van der Waals surface area contributed by atoms with E-state index in [9.17, 15) is 4.39 Å². The molecule has 5 heteroatoms. The number of halogens is 1. The lowest BCUT2D eigenvalue weighted by Gasteiger charge is -2.01. The van der Waals surface area contributed by atoms with Crippen molar-refractivity contribution in [2.24, 2.45) is 0 Å². The van der Waals surface area contributed by atoms with Crippen LogP contribution >= 0.6 is 0 Å². The molecule has 4 nitrogen and oxygen atoms in total. The van der Waals surface area contributed by atoms with Gasteiger partial charge < -0.3 is 0 Å². The van der Waals surface area contributed by atoms with Gasteiger partial charge in [-0.05, 0) is 23.8 Å². The second-order valence-electron chi connectivity index (χ2n) is 4.55. The molecule has 0 saturated heterocycles. The van der Waals surface area contributed by atoms with Gasteiger partial charge in [-0.2, -0.15) is 4.80 Å². The van der Waals surface area contributed by atoms with Crippen LogP contribution in [0.2, 0.25) is 0 Å². The molecule has 0 bridgehead atoms. The summed E-state index contributed by atoms with van der Waals surface area (Å²) < 4.78 is 13.6. The van der Waals surface area contributed by atoms with Crippen LogP contribution in [-0.4, -0.2) is 20.2 Å². The first-order valence-corrected chi connectivity index (χ1v) is 6.31. The molecule has 2 aromatic carbocycles. The third kappa shape index (κ3) is 2.42. The molecule has 3 aromatic rings. The molecule has 0 fully saturated rings. The van der Waals surface area contributed by atoms with Crippen LogP contribution in [-0.2, 0) is 6.54 Å². The van der Waals surface area contributed by atoms with Gasteiger partial charge in [0.25, 0.3) is 0 Å². The van der Waals surface area contributed by atoms with E-state index < -0.39 is 0 Å². The number of rotatable bonds is 3. The van der Waals surface area contributed by atoms with Crippen LogP contribution in [0.3, 0.4) is 0 Å². The third-order valence-corrected chi connectivity index (χ3v) is 3.11. The summed E-state index contributed by atoms with van der Waals surface area (Å²) in [5, 5.41) is 12.3. The van der Waals surface area contributed by atoms with Gasteiger partial charge in [-0.15, -0.1) is 10.2 Å². The molecule has 0 radical (unpaired) electrons. The maximum Gasteiger partial charge on any atom is 0.205 e. The summed E-state index contributed by atoms with van der Waals surface area (Å²) in [6.07, 6.45) is 0. The minimum atomic E-state index is -0.262. The molecule has 1 aromatic heterocycles. The zero-order chi connectivity index (χ0) is 13.9. The number of hydrogen-bond donors (Lipinski definition) is 0. The Hall–Kier alpha value is -2.56. The predicted octanol–water partition coefficient (Wildman–Crippen LogP) is 2.84. The van der Waals surface area contributed by atoms with Crippen LogP contribution < -0.4 is 0 Å². The van der Waals surface area contributed by atoms with Crippen molar-refractivity contribution in [1.29, 1.82) is 0 Å². The number of aromatic nitrogens is 4. The van der Waals surface area contributed by atoms with Crippen LogP contribution in [0.4, 0.5) is 4.39 Å². The van der Waals surface area contributed by atoms with Gasteiger partial charge in [-0.25, -0.2) is 4.39 Å². The van der Waals surface area contributed by atoms with Crippen molar-refractivity contribution in [1.82, 2.24) is 20.2 Å². The van der Waals surface area contributed by atoms with E-state index in [1.54, 1.807) is 18.2 Å². The molecule has 0 aliphatic carbocycles. The average Bonchev–Trinajstić information content (AvgIpc) is 2.90. The van der Waals surface area contributed by atoms with Crippen molar-refractivity contribution < 1.29 is 4.39 Å². The third-order valence-electron chi connectivity index (χ3n) is 3.11. The summed E-state index contributed by atoms with van der Waals surface area (Å²) in [6.45, 7) is 2.26. The Bertz CT molecular complexity index is 736. The Balaban J connectivity index is 1.88. The van der Waals surface area contributed by atoms with E-state index in [4.69, 9.17) is 0 Å². The molecule has 3 rings (SSSR count). The van der Waals surface area contributed by atoms with Crippen LogP contribution in [0.25, 0.3) is 11.4 Å². The van der Waals surface area contributed by atoms with Gasteiger partial charge in [-0.1, -0.05) is 42.5 Å². The first kappa shape index (κ1) is 12.5. The van der Waals surface area contributed by atoms with Gasteiger partial charge in [0.05, 0.1) is 6.54 Å². The summed E-state index contributed by atoms with van der Waals surface area (Å²) in [4.78, 5) is 1.40. The van der Waals surface area contributed by atoms with Crippen molar-refractivity contribution >= 4 is 0 Å². The van der Waals surface area contributed by atoms with Crippen molar-refractivity contribution in [3.8, 4) is 11.4 Å². The summed E-state index contributed by atoms with van der Waals surface area (Å²) in [6, 6.07) is 14.4. The molecule has 1 heterocycles. The minimum Gasteiger partial charge on any atom is -0.207 e. The van der Waals surface area contributed by atoms with Crippen molar-refractivity contribution in [2.75, 3.05) is 0 Å². The molecule has 0 amide bonds. The highest BCUT2D eigenvalue weighted by Crippen LogP contribution is 2.18. The second-order valence-corrected chi connectivity index (χ2v) is 4.55. The fourth-order valence-electron chi connectivity index (χ4n) is 2.02. The van der Waals surface area contributed by atoms with Gasteiger partial charge in [-0.3, -0.25) is 0 Å². The van der Waals surface area contributed by atoms with Gasteiger partial charge in [0.1, 0.15) is 5.82 Å². The average molecular weight is 268 g/mol. The molecule has 0 aliphatic heterocycles. The van der Waals surface area contributed by atoms with Crippen molar-refractivity contribution in [2.45, 2.75) is 13.5 Å². The number of benzene rings is 2. The normalized spacial score (nSPS) is 10.7. The first-order valence-electron chi connectivity index (χ1n) is 6.31. The smallest absolute Gasteiger partial charge is 0.205 e. The number of nitrogens with zero attached hydrogens (tertiary/aromatic N) is 4. The van der Waals surface area contributed by atoms with Gasteiger partial charge in [0.15, 0.2) is 0 Å². The Labute approximate surface area is 115 Å². The zero-order valence-electron chi connectivity index (χ0n) is 11.0. The SMILES string of the molecule is Cc1ccccc1-c1nnn(Cc2ccccc2F)n1. The van der Waals surface area contributed by atoms with Crippen molar-refractivity contribution in [3.63, 3.8) is 0 Å². The molecule has 0 spiro atoms. The highest BCUT2D eigenvalue weighted by Gasteiger charge is 2.09. The Morgan fingerprint density at radius 1 is 1.05 bits per heavy atom. The largest absolute Gasteiger partial charge is 0.207 e. The Kier molecular flexibility index (Phi) is 3.25. The quantitative estimate of drug-likeness (QED) is 0.733. The van der Waals surface area contributed by atoms with E-state index in [1.165, 1.54) is 10.9 Å². The number of hydrogen-bond acceptors (Lipinski definition) is 3. The fourth-order valence-corrected chi connectivity index (χ4v) is 2.02. The van der Waals surface area contributed by atoms with E-state index >= 15 is 0 Å². The standard InChI is InChI=1S/C15H13FN4/c1-11-6-2-4-8-13(11)15-17-19-20(18-15)10-12-7-3-5-9-14(12)16/h2-9H,10H2,1H3. The lowest BCUT2D eigenvalue weighted by atomic mass is 10.1. The van der Waals surface area contributed by atoms with Crippen LogP contribution in [0.1, 0.15) is 11.1 Å². The lowest BCUT2D eigenvalue weighted by Crippen LogP contribution is -2.05. The van der Waals surface area contributed by atoms with E-state index in [0.717, 1.165) is 11.1 Å². The van der Waals surface area contributed by atoms with Crippen LogP contribution in [0, 0.1) is 12.7 Å². The minimum absolute atomic E-state index is 0.262. The number of aryl methyl sites for hydroxylation is 1. The first-order chi connectivity index (χ1) is 9.74. The maximum absolute atomic E-state index is 13.6. The molecular formula is C15H13FN4. The van der Waals surface area contributed by atoms with E-state index in [2.05, 4.69) is 15.4 Å². The summed E-state index contributed by atoms with van der Waals surface area (Å²) >= 11 is 0. The topological polar surface area (TPSA) is 43.6 Å². The molecule has 0 aliphatic rings. The predicted molar refractivity (Wildman–Crippen MR) is 73.5 cm³/mol. The van der Waals surface area contributed by atoms with Gasteiger partial charge in [0.2, 0.25) is 5.82 Å². The maximum atomic E-state index is 13.6. The van der Waals surface area contributed by atoms with E-state index in [-0.39, 0.29) is 12.4 Å². The van der Waals surface area contributed by atoms with Gasteiger partial charge in [0, 0.05) is 11.1 Å². The monoisotopic (exact) mass is 268 g/mol. The van der Waals surface area contributed by atoms with E-state index in [1.807, 2.05) is 31.2 Å². The lowest BCUT2D eigenvalue weighted by molar-refractivity contribution is 0.539. The molecule has 0 saturated carbocycles. The molecule has 0 atom stereocenters. The molecule has 100 valence electrons. The fraction of sp³-hybridized carbons (Fsp3) is 0.133. The zero-order valence-corrected chi connectivity index (χ0v) is 11.0. The van der Waals surface area contributed by atoms with Crippen molar-refractivity contribution in [3.05, 3.63) is 65.5 Å². The van der Waals surface area contributed by atoms with Crippen LogP contribution in [0.5, 0.6) is 0 Å². The Morgan fingerprint density at radius 3 is 2.60 bits per heavy atom. The summed E-state index contributed by atoms with van der Waals surface area (Å²) in [7, 11) is 0. The van der Waals surface area contributed by atoms with E-state index in [0.29, 0.717) is 11.4 Å². The molecular weight excluding hydrogens is 255 g/mol. The van der Waals surface area contributed by atoms with Crippen LogP contribution in [0.15, 0.2) is 48.5 Å². The van der Waals surface area contributed by atoms with Gasteiger partial charge >= 0.3 is 0 Å². The highest BCUT2D eigenvalue weighted by molar-refractivity contribution is 5.58. The molecule has 20 heavy (non-hydrogen) atoms. The summed E-state index contributed by atoms with van der Waals surface area (Å²) in [5.74, 6) is 0.293. The second kappa shape index (κ2) is 5.21. The molecule has 0 N–H and O–H groups in total.